The van der Waals surface area contributed by atoms with Crippen molar-refractivity contribution in [1.82, 2.24) is 24.0 Å². The van der Waals surface area contributed by atoms with E-state index >= 15 is 0 Å². The first-order valence-corrected chi connectivity index (χ1v) is 15.8. The lowest BCUT2D eigenvalue weighted by atomic mass is 9.92. The van der Waals surface area contributed by atoms with Crippen molar-refractivity contribution >= 4 is 44.4 Å². The van der Waals surface area contributed by atoms with Crippen LogP contribution in [-0.4, -0.2) is 63.6 Å². The molecule has 2 fully saturated rings. The molecular weight excluding hydrogens is 585 g/mol. The van der Waals surface area contributed by atoms with Crippen molar-refractivity contribution in [1.29, 1.82) is 0 Å². The van der Waals surface area contributed by atoms with Crippen LogP contribution in [0.2, 0.25) is 5.02 Å². The van der Waals surface area contributed by atoms with E-state index in [0.29, 0.717) is 52.7 Å². The number of sulfonamides is 1. The zero-order valence-electron chi connectivity index (χ0n) is 21.3. The number of fused-ring (bicyclic) bond motifs is 1. The highest BCUT2D eigenvalue weighted by Crippen LogP contribution is 2.47. The van der Waals surface area contributed by atoms with Crippen LogP contribution >= 0.6 is 22.9 Å². The van der Waals surface area contributed by atoms with Crippen LogP contribution < -0.4 is 0 Å². The van der Waals surface area contributed by atoms with Crippen LogP contribution in [0.3, 0.4) is 0 Å². The molecule has 1 aromatic carbocycles. The molecule has 0 radical (unpaired) electrons. The van der Waals surface area contributed by atoms with Crippen LogP contribution in [0.1, 0.15) is 54.5 Å². The Kier molecular flexibility index (Phi) is 7.49. The van der Waals surface area contributed by atoms with E-state index < -0.39 is 28.4 Å². The van der Waals surface area contributed by atoms with Crippen molar-refractivity contribution in [3.05, 3.63) is 74.8 Å². The van der Waals surface area contributed by atoms with Gasteiger partial charge in [0.15, 0.2) is 10.8 Å². The van der Waals surface area contributed by atoms with Crippen LogP contribution in [0.15, 0.2) is 52.7 Å². The molecule has 0 N–H and O–H groups in total. The number of hydrogen-bond donors (Lipinski definition) is 0. The second kappa shape index (κ2) is 10.9. The highest BCUT2D eigenvalue weighted by molar-refractivity contribution is 7.89. The van der Waals surface area contributed by atoms with Gasteiger partial charge in [-0.15, -0.1) is 11.3 Å². The standard InChI is InChI=1S/C26H26ClF3N6O2S2/c27-19-13-17(28)4-5-18(19)23-22(20-6-10-36(33-20)26(29)30)21-12-16(15-40(37,38)34-8-2-1-3-9-34)14-35(21)24(32-23)25-31-7-11-39-25/h4-7,10-11,13,16,23,26H,1-3,8-9,12,14-15H2/t16-,23+/m1/s1. The first-order valence-electron chi connectivity index (χ1n) is 13.0. The molecule has 2 atom stereocenters. The third-order valence-corrected chi connectivity index (χ3v) is 10.6. The second-order valence-electron chi connectivity index (χ2n) is 10.1. The molecule has 0 bridgehead atoms. The zero-order chi connectivity index (χ0) is 28.0. The lowest BCUT2D eigenvalue weighted by Crippen LogP contribution is -2.39. The Labute approximate surface area is 238 Å². The molecule has 6 rings (SSSR count). The van der Waals surface area contributed by atoms with Gasteiger partial charge < -0.3 is 4.90 Å². The van der Waals surface area contributed by atoms with E-state index in [9.17, 15) is 21.6 Å². The maximum absolute atomic E-state index is 14.0. The fourth-order valence-electron chi connectivity index (χ4n) is 5.69. The van der Waals surface area contributed by atoms with Gasteiger partial charge in [-0.1, -0.05) is 24.1 Å². The van der Waals surface area contributed by atoms with Gasteiger partial charge in [0.05, 0.1) is 11.4 Å². The van der Waals surface area contributed by atoms with Crippen molar-refractivity contribution in [2.75, 3.05) is 25.4 Å². The van der Waals surface area contributed by atoms with Crippen LogP contribution in [-0.2, 0) is 10.0 Å². The number of thiazole rings is 1. The van der Waals surface area contributed by atoms with Gasteiger partial charge in [-0.3, -0.25) is 4.99 Å². The minimum Gasteiger partial charge on any atom is -0.327 e. The summed E-state index contributed by atoms with van der Waals surface area (Å²) >= 11 is 7.88. The van der Waals surface area contributed by atoms with E-state index in [1.54, 1.807) is 10.5 Å². The van der Waals surface area contributed by atoms with Crippen molar-refractivity contribution < 1.29 is 21.6 Å². The molecule has 14 heteroatoms. The highest BCUT2D eigenvalue weighted by Gasteiger charge is 2.42. The normalized spacial score (nSPS) is 22.2. The number of alkyl halides is 2. The van der Waals surface area contributed by atoms with Gasteiger partial charge in [-0.25, -0.2) is 26.8 Å². The Morgan fingerprint density at radius 2 is 1.95 bits per heavy atom. The van der Waals surface area contributed by atoms with Crippen molar-refractivity contribution in [2.24, 2.45) is 10.9 Å². The molecule has 3 aliphatic heterocycles. The summed E-state index contributed by atoms with van der Waals surface area (Å²) in [7, 11) is -3.50. The predicted molar refractivity (Wildman–Crippen MR) is 147 cm³/mol. The van der Waals surface area contributed by atoms with Gasteiger partial charge in [0, 0.05) is 59.3 Å². The lowest BCUT2D eigenvalue weighted by Gasteiger charge is -2.32. The van der Waals surface area contributed by atoms with E-state index in [4.69, 9.17) is 16.6 Å². The number of amidine groups is 1. The zero-order valence-corrected chi connectivity index (χ0v) is 23.6. The van der Waals surface area contributed by atoms with Gasteiger partial charge in [-0.2, -0.15) is 13.9 Å². The highest BCUT2D eigenvalue weighted by atomic mass is 35.5. The Balaban J connectivity index is 1.47. The van der Waals surface area contributed by atoms with Crippen molar-refractivity contribution in [2.45, 2.75) is 38.3 Å². The van der Waals surface area contributed by atoms with Crippen molar-refractivity contribution in [3.8, 4) is 0 Å². The number of nitrogens with zero attached hydrogens (tertiary/aromatic N) is 6. The molecule has 2 saturated heterocycles. The molecule has 0 spiro atoms. The van der Waals surface area contributed by atoms with Crippen LogP contribution in [0.25, 0.3) is 5.57 Å². The molecule has 0 aliphatic carbocycles. The van der Waals surface area contributed by atoms with Gasteiger partial charge in [0.2, 0.25) is 10.0 Å². The third-order valence-electron chi connectivity index (χ3n) is 7.46. The van der Waals surface area contributed by atoms with E-state index in [1.807, 2.05) is 10.3 Å². The maximum Gasteiger partial charge on any atom is 0.333 e. The van der Waals surface area contributed by atoms with Gasteiger partial charge in [-0.05, 0) is 43.4 Å². The van der Waals surface area contributed by atoms with Gasteiger partial charge in [0.25, 0.3) is 0 Å². The average molecular weight is 611 g/mol. The molecular formula is C26H26ClF3N6O2S2. The predicted octanol–water partition coefficient (Wildman–Crippen LogP) is 5.58. The first kappa shape index (κ1) is 27.4. The Hall–Kier alpha value is -2.74. The fraction of sp³-hybridized carbons (Fsp3) is 0.423. The van der Waals surface area contributed by atoms with Gasteiger partial charge in [0.1, 0.15) is 11.9 Å². The molecule has 2 aromatic heterocycles. The summed E-state index contributed by atoms with van der Waals surface area (Å²) < 4.78 is 69.9. The minimum atomic E-state index is -3.50. The quantitative estimate of drug-likeness (QED) is 0.349. The molecule has 5 heterocycles. The first-order chi connectivity index (χ1) is 19.2. The summed E-state index contributed by atoms with van der Waals surface area (Å²) in [4.78, 5) is 11.4. The number of halogens is 4. The number of piperidine rings is 1. The number of aliphatic imine (C=N–C) groups is 1. The Morgan fingerprint density at radius 1 is 1.15 bits per heavy atom. The summed E-state index contributed by atoms with van der Waals surface area (Å²) in [6, 6.07) is 4.67. The summed E-state index contributed by atoms with van der Waals surface area (Å²) in [5, 5.41) is 6.70. The molecule has 3 aromatic rings. The minimum absolute atomic E-state index is 0.0428. The molecule has 0 unspecified atom stereocenters. The van der Waals surface area contributed by atoms with Crippen LogP contribution in [0.5, 0.6) is 0 Å². The summed E-state index contributed by atoms with van der Waals surface area (Å²) in [6.45, 7) is -1.43. The SMILES string of the molecule is O=S(=O)(C[C@@H]1CC2=C(c3ccn(C(F)F)n3)[C@H](c3ccc(F)cc3Cl)N=C(c3nccs3)N2C1)N1CCCCC1. The number of benzene rings is 1. The van der Waals surface area contributed by atoms with E-state index in [2.05, 4.69) is 10.1 Å². The monoisotopic (exact) mass is 610 g/mol. The summed E-state index contributed by atoms with van der Waals surface area (Å²) in [5.41, 5.74) is 2.01. The number of hydrogen-bond acceptors (Lipinski definition) is 7. The number of rotatable bonds is 7. The molecule has 3 aliphatic rings. The molecule has 0 saturated carbocycles. The topological polar surface area (TPSA) is 83.7 Å². The average Bonchev–Trinajstić information content (AvgIpc) is 3.69. The molecule has 212 valence electrons. The van der Waals surface area contributed by atoms with Crippen LogP contribution in [0, 0.1) is 11.7 Å². The fourth-order valence-corrected chi connectivity index (χ4v) is 8.45. The molecule has 8 nitrogen and oxygen atoms in total. The lowest BCUT2D eigenvalue weighted by molar-refractivity contribution is 0.0564. The smallest absolute Gasteiger partial charge is 0.327 e. The molecule has 40 heavy (non-hydrogen) atoms. The van der Waals surface area contributed by atoms with Crippen molar-refractivity contribution in [3.63, 3.8) is 0 Å². The van der Waals surface area contributed by atoms with E-state index in [1.165, 1.54) is 41.8 Å². The van der Waals surface area contributed by atoms with Gasteiger partial charge >= 0.3 is 6.55 Å². The molecule has 0 amide bonds. The van der Waals surface area contributed by atoms with E-state index in [-0.39, 0.29) is 22.4 Å². The third kappa shape index (κ3) is 5.19. The second-order valence-corrected chi connectivity index (χ2v) is 13.4. The largest absolute Gasteiger partial charge is 0.333 e. The number of aromatic nitrogens is 3. The maximum atomic E-state index is 14.0. The van der Waals surface area contributed by atoms with Crippen LogP contribution in [0.4, 0.5) is 13.2 Å². The Morgan fingerprint density at radius 3 is 2.62 bits per heavy atom. The Bertz CT molecular complexity index is 1570. The summed E-state index contributed by atoms with van der Waals surface area (Å²) in [6.07, 6.45) is 5.92. The number of allylic oxidation sites excluding steroid dienone is 1. The van der Waals surface area contributed by atoms with E-state index in [0.717, 1.165) is 25.0 Å². The summed E-state index contributed by atoms with van der Waals surface area (Å²) in [5.74, 6) is -0.304.